The smallest absolute Gasteiger partial charge is 0.245 e. The first kappa shape index (κ1) is 9.59. The van der Waals surface area contributed by atoms with Crippen LogP contribution >= 0.6 is 0 Å². The van der Waals surface area contributed by atoms with Crippen LogP contribution < -0.4 is 10.2 Å². The normalized spacial score (nSPS) is 16.4. The minimum Gasteiger partial charge on any atom is -0.337 e. The van der Waals surface area contributed by atoms with Crippen molar-refractivity contribution in [2.75, 3.05) is 25.0 Å². The van der Waals surface area contributed by atoms with Crippen LogP contribution in [0.15, 0.2) is 18.3 Å². The lowest BCUT2D eigenvalue weighted by Crippen LogP contribution is -2.56. The zero-order chi connectivity index (χ0) is 11.1. The molecule has 16 heavy (non-hydrogen) atoms. The van der Waals surface area contributed by atoms with E-state index in [9.17, 15) is 0 Å². The predicted octanol–water partition coefficient (Wildman–Crippen LogP) is 0.446. The van der Waals surface area contributed by atoms with Gasteiger partial charge < -0.3 is 10.2 Å². The summed E-state index contributed by atoms with van der Waals surface area (Å²) in [6, 6.07) is 4.57. The van der Waals surface area contributed by atoms with Gasteiger partial charge in [0.1, 0.15) is 0 Å². The number of rotatable bonds is 2. The molecule has 2 aromatic heterocycles. The quantitative estimate of drug-likeness (QED) is 0.793. The van der Waals surface area contributed by atoms with Crippen LogP contribution in [0.5, 0.6) is 0 Å². The van der Waals surface area contributed by atoms with E-state index in [1.807, 2.05) is 16.8 Å². The summed E-state index contributed by atoms with van der Waals surface area (Å²) in [5, 5.41) is 7.73. The Morgan fingerprint density at radius 2 is 2.31 bits per heavy atom. The van der Waals surface area contributed by atoms with Gasteiger partial charge in [-0.25, -0.2) is 4.52 Å². The molecule has 0 aromatic carbocycles. The summed E-state index contributed by atoms with van der Waals surface area (Å²) in [4.78, 5) is 6.71. The summed E-state index contributed by atoms with van der Waals surface area (Å²) in [7, 11) is 2.05. The molecule has 3 heterocycles. The maximum atomic E-state index is 4.57. The van der Waals surface area contributed by atoms with E-state index in [0.717, 1.165) is 30.2 Å². The van der Waals surface area contributed by atoms with Gasteiger partial charge in [0.05, 0.1) is 6.04 Å². The zero-order valence-corrected chi connectivity index (χ0v) is 9.51. The van der Waals surface area contributed by atoms with Crippen LogP contribution in [-0.4, -0.2) is 40.8 Å². The molecule has 5 heteroatoms. The molecular weight excluding hydrogens is 202 g/mol. The van der Waals surface area contributed by atoms with Crippen molar-refractivity contribution in [3.63, 3.8) is 0 Å². The number of pyridine rings is 1. The number of hydrogen-bond donors (Lipinski definition) is 1. The van der Waals surface area contributed by atoms with Gasteiger partial charge in [-0.1, -0.05) is 6.07 Å². The van der Waals surface area contributed by atoms with Crippen LogP contribution in [0.2, 0.25) is 0 Å². The number of fused-ring (bicyclic) bond motifs is 1. The molecule has 0 amide bonds. The van der Waals surface area contributed by atoms with Gasteiger partial charge in [-0.05, 0) is 18.6 Å². The maximum Gasteiger partial charge on any atom is 0.245 e. The summed E-state index contributed by atoms with van der Waals surface area (Å²) < 4.78 is 1.84. The second-order valence-corrected chi connectivity index (χ2v) is 4.29. The number of hydrogen-bond acceptors (Lipinski definition) is 4. The van der Waals surface area contributed by atoms with Crippen LogP contribution in [0.1, 0.15) is 5.56 Å². The third-order valence-corrected chi connectivity index (χ3v) is 3.17. The molecule has 0 bridgehead atoms. The summed E-state index contributed by atoms with van der Waals surface area (Å²) in [6.07, 6.45) is 1.94. The van der Waals surface area contributed by atoms with Gasteiger partial charge in [0.15, 0.2) is 5.65 Å². The van der Waals surface area contributed by atoms with E-state index in [1.165, 1.54) is 0 Å². The van der Waals surface area contributed by atoms with Gasteiger partial charge in [0.2, 0.25) is 5.95 Å². The molecule has 3 rings (SSSR count). The summed E-state index contributed by atoms with van der Waals surface area (Å²) in [6.45, 7) is 4.09. The minimum atomic E-state index is 0.526. The van der Waals surface area contributed by atoms with Crippen LogP contribution in [0.3, 0.4) is 0 Å². The summed E-state index contributed by atoms with van der Waals surface area (Å²) in [5.74, 6) is 0.806. The number of likely N-dealkylation sites (N-methyl/N-ethyl adjacent to an activating group) is 1. The Hall–Kier alpha value is -1.62. The van der Waals surface area contributed by atoms with Crippen LogP contribution in [-0.2, 0) is 0 Å². The standard InChI is InChI=1S/C11H15N5/c1-8-4-3-5-16-10(8)13-11(14-16)15(2)9-6-12-7-9/h3-5,9,12H,6-7H2,1-2H3. The van der Waals surface area contributed by atoms with E-state index in [0.29, 0.717) is 6.04 Å². The number of anilines is 1. The number of nitrogens with one attached hydrogen (secondary N) is 1. The van der Waals surface area contributed by atoms with Gasteiger partial charge in [-0.15, -0.1) is 5.10 Å². The summed E-state index contributed by atoms with van der Waals surface area (Å²) in [5.41, 5.74) is 2.10. The van der Waals surface area contributed by atoms with Gasteiger partial charge in [0, 0.05) is 26.3 Å². The number of nitrogens with zero attached hydrogens (tertiary/aromatic N) is 4. The van der Waals surface area contributed by atoms with Crippen LogP contribution in [0.4, 0.5) is 5.95 Å². The first-order valence-corrected chi connectivity index (χ1v) is 5.51. The SMILES string of the molecule is Cc1cccn2nc(N(C)C3CNC3)nc12. The molecule has 5 nitrogen and oxygen atoms in total. The Morgan fingerprint density at radius 3 is 2.94 bits per heavy atom. The largest absolute Gasteiger partial charge is 0.337 e. The highest BCUT2D eigenvalue weighted by Crippen LogP contribution is 2.15. The highest BCUT2D eigenvalue weighted by atomic mass is 15.4. The van der Waals surface area contributed by atoms with E-state index < -0.39 is 0 Å². The Balaban J connectivity index is 2.01. The average molecular weight is 217 g/mol. The number of aromatic nitrogens is 3. The van der Waals surface area contributed by atoms with Crippen molar-refractivity contribution in [2.45, 2.75) is 13.0 Å². The van der Waals surface area contributed by atoms with Crippen LogP contribution in [0, 0.1) is 6.92 Å². The minimum absolute atomic E-state index is 0.526. The van der Waals surface area contributed by atoms with E-state index in [-0.39, 0.29) is 0 Å². The van der Waals surface area contributed by atoms with Gasteiger partial charge in [0.25, 0.3) is 0 Å². The lowest BCUT2D eigenvalue weighted by molar-refractivity contribution is 0.424. The molecular formula is C11H15N5. The first-order valence-electron chi connectivity index (χ1n) is 5.51. The number of aryl methyl sites for hydroxylation is 1. The molecule has 1 aliphatic rings. The predicted molar refractivity (Wildman–Crippen MR) is 62.8 cm³/mol. The lowest BCUT2D eigenvalue weighted by Gasteiger charge is -2.34. The third-order valence-electron chi connectivity index (χ3n) is 3.17. The first-order chi connectivity index (χ1) is 7.75. The van der Waals surface area contributed by atoms with Crippen molar-refractivity contribution in [1.82, 2.24) is 19.9 Å². The van der Waals surface area contributed by atoms with E-state index in [4.69, 9.17) is 0 Å². The molecule has 1 saturated heterocycles. The molecule has 0 spiro atoms. The van der Waals surface area contributed by atoms with E-state index >= 15 is 0 Å². The molecule has 1 N–H and O–H groups in total. The Kier molecular flexibility index (Phi) is 2.07. The highest BCUT2D eigenvalue weighted by molar-refractivity contribution is 5.50. The molecule has 0 unspecified atom stereocenters. The molecule has 84 valence electrons. The van der Waals surface area contributed by atoms with Crippen molar-refractivity contribution < 1.29 is 0 Å². The second-order valence-electron chi connectivity index (χ2n) is 4.29. The molecule has 0 atom stereocenters. The second kappa shape index (κ2) is 3.45. The Labute approximate surface area is 94.1 Å². The lowest BCUT2D eigenvalue weighted by atomic mass is 10.1. The van der Waals surface area contributed by atoms with Crippen LogP contribution in [0.25, 0.3) is 5.65 Å². The van der Waals surface area contributed by atoms with Crippen molar-refractivity contribution in [3.8, 4) is 0 Å². The zero-order valence-electron chi connectivity index (χ0n) is 9.51. The fourth-order valence-corrected chi connectivity index (χ4v) is 1.89. The monoisotopic (exact) mass is 217 g/mol. The maximum absolute atomic E-state index is 4.57. The molecule has 1 fully saturated rings. The van der Waals surface area contributed by atoms with Crippen molar-refractivity contribution >= 4 is 11.6 Å². The molecule has 0 radical (unpaired) electrons. The van der Waals surface area contributed by atoms with Crippen molar-refractivity contribution in [2.24, 2.45) is 0 Å². The fraction of sp³-hybridized carbons (Fsp3) is 0.455. The molecule has 2 aromatic rings. The Morgan fingerprint density at radius 1 is 1.50 bits per heavy atom. The summed E-state index contributed by atoms with van der Waals surface area (Å²) >= 11 is 0. The fourth-order valence-electron chi connectivity index (χ4n) is 1.89. The average Bonchev–Trinajstić information content (AvgIpc) is 2.60. The van der Waals surface area contributed by atoms with E-state index in [2.05, 4.69) is 40.3 Å². The van der Waals surface area contributed by atoms with E-state index in [1.54, 1.807) is 0 Å². The Bertz CT molecular complexity index is 514. The molecule has 1 aliphatic heterocycles. The molecule has 0 aliphatic carbocycles. The van der Waals surface area contributed by atoms with Gasteiger partial charge >= 0.3 is 0 Å². The van der Waals surface area contributed by atoms with Crippen molar-refractivity contribution in [3.05, 3.63) is 23.9 Å². The topological polar surface area (TPSA) is 45.5 Å². The van der Waals surface area contributed by atoms with Gasteiger partial charge in [-0.3, -0.25) is 0 Å². The van der Waals surface area contributed by atoms with Crippen molar-refractivity contribution in [1.29, 1.82) is 0 Å². The third kappa shape index (κ3) is 1.36. The van der Waals surface area contributed by atoms with Gasteiger partial charge in [-0.2, -0.15) is 4.98 Å². The molecule has 0 saturated carbocycles. The highest BCUT2D eigenvalue weighted by Gasteiger charge is 2.24.